The Bertz CT molecular complexity index is 7900. The molecule has 4 fully saturated rings. The Balaban J connectivity index is 1.06. The third-order valence-corrected chi connectivity index (χ3v) is 22.2. The summed E-state index contributed by atoms with van der Waals surface area (Å²) in [5, 5.41) is 80.2. The van der Waals surface area contributed by atoms with Crippen molar-refractivity contribution < 1.29 is 58.6 Å². The Morgan fingerprint density at radius 1 is 0.259 bits per heavy atom. The summed E-state index contributed by atoms with van der Waals surface area (Å²) in [6.45, 7) is 2.51. The number of carbonyl (C=O) groups is 4. The molecular formula is C127H90N8O12. The summed E-state index contributed by atoms with van der Waals surface area (Å²) < 4.78 is 21.7. The van der Waals surface area contributed by atoms with Crippen LogP contribution in [-0.2, 0) is 110 Å². The van der Waals surface area contributed by atoms with Crippen molar-refractivity contribution in [1.29, 1.82) is 0 Å². The minimum atomic E-state index is -0.704. The molecule has 20 heteroatoms. The summed E-state index contributed by atoms with van der Waals surface area (Å²) in [4.78, 5) is 55.1. The van der Waals surface area contributed by atoms with Gasteiger partial charge in [0.2, 0.25) is 0 Å². The molecule has 0 spiro atoms. The van der Waals surface area contributed by atoms with E-state index in [2.05, 4.69) is 392 Å². The molecule has 5 aliphatic rings. The summed E-state index contributed by atoms with van der Waals surface area (Å²) in [6.07, 6.45) is 34.1. The highest BCUT2D eigenvalue weighted by molar-refractivity contribution is 5.77. The van der Waals surface area contributed by atoms with E-state index in [-0.39, 0.29) is 149 Å². The number of esters is 4. The highest BCUT2D eigenvalue weighted by atomic mass is 16.5. The Morgan fingerprint density at radius 2 is 0.456 bits per heavy atom. The molecule has 4 saturated carbocycles. The molecule has 0 amide bonds. The molecule has 9 rings (SSSR count). The van der Waals surface area contributed by atoms with Gasteiger partial charge in [0, 0.05) is 257 Å². The van der Waals surface area contributed by atoms with Crippen LogP contribution in [-0.4, -0.2) is 99.2 Å². The van der Waals surface area contributed by atoms with Crippen LogP contribution in [0.1, 0.15) is 171 Å². The number of hydrogen-bond acceptors (Lipinski definition) is 20. The second-order valence-corrected chi connectivity index (χ2v) is 32.1. The predicted molar refractivity (Wildman–Crippen MR) is 562 cm³/mol. The molecule has 4 aliphatic carbocycles. The largest absolute Gasteiger partial charge is 0.507 e. The predicted octanol–water partition coefficient (Wildman–Crippen LogP) is 7.14. The normalized spacial score (nSPS) is 16.1. The average Bonchev–Trinajstić information content (AvgIpc) is 0.827. The topological polar surface area (TPSA) is 282 Å². The van der Waals surface area contributed by atoms with E-state index in [1.165, 1.54) is 0 Å². The smallest absolute Gasteiger partial charge is 0.324 e. The van der Waals surface area contributed by atoms with Gasteiger partial charge in [-0.15, -0.1) is 19.3 Å². The van der Waals surface area contributed by atoms with Crippen molar-refractivity contribution in [2.75, 3.05) is 11.9 Å². The highest BCUT2D eigenvalue weighted by Crippen LogP contribution is 2.37. The molecule has 8 bridgehead atoms. The van der Waals surface area contributed by atoms with Crippen LogP contribution in [0.25, 0.3) is 0 Å². The maximum absolute atomic E-state index is 13.8. The number of aromatic hydroxyl groups is 4. The van der Waals surface area contributed by atoms with Crippen molar-refractivity contribution in [2.24, 2.45) is 0 Å². The van der Waals surface area contributed by atoms with Gasteiger partial charge in [0.05, 0.1) is 31.4 Å². The van der Waals surface area contributed by atoms with E-state index in [1.807, 2.05) is 0 Å². The Kier molecular flexibility index (Phi) is 50.5. The molecular weight excluding hydrogens is 1830 g/mol. The van der Waals surface area contributed by atoms with Crippen LogP contribution in [0.3, 0.4) is 0 Å². The zero-order valence-corrected chi connectivity index (χ0v) is 80.3. The highest BCUT2D eigenvalue weighted by Gasteiger charge is 2.32. The molecule has 1 heterocycles. The molecule has 0 radical (unpaired) electrons. The third kappa shape index (κ3) is 43.4. The summed E-state index contributed by atoms with van der Waals surface area (Å²) in [5.41, 5.74) is 6.00. The lowest BCUT2D eigenvalue weighted by atomic mass is 9.89. The molecule has 147 heavy (non-hydrogen) atoms. The number of terminal acetylenes is 3. The van der Waals surface area contributed by atoms with Gasteiger partial charge in [-0.3, -0.25) is 19.2 Å². The van der Waals surface area contributed by atoms with Gasteiger partial charge in [0.1, 0.15) is 41.3 Å². The summed E-state index contributed by atoms with van der Waals surface area (Å²) >= 11 is 0. The number of hydrogen-bond donors (Lipinski definition) is 12. The van der Waals surface area contributed by atoms with Gasteiger partial charge in [0.25, 0.3) is 0 Å². The van der Waals surface area contributed by atoms with E-state index >= 15 is 0 Å². The lowest BCUT2D eigenvalue weighted by molar-refractivity contribution is -0.141. The number of phenols is 4. The van der Waals surface area contributed by atoms with E-state index in [0.29, 0.717) is 79.7 Å². The van der Waals surface area contributed by atoms with Crippen LogP contribution < -0.4 is 42.5 Å². The SMILES string of the molecule is C#CC#CC#CC#CC#CC#CC#CC#COC(=O)Cc1cc2c(O)c(c1)CNC1CCCCC1NCc1cc(CC(=O)OCC#CC#CC#CC#CC#CC#CC#CC)cc(c1O)CNC1CCCCC1Nc1cc(CC(=O)OC#CC#CC#CC#CC#CC#CC#CC#C)cc(c1O)CNC1CCCCC1NCc1cc(CC(=O)OC#CC#CC#CC#CC#CC#CC#CC#C)cc(c1O)CNC1CCCCC1NC2. The fraction of sp³-hybridized carbons (Fsp3) is 0.291. The number of anilines is 1. The maximum atomic E-state index is 13.8. The number of phenolic OH excluding ortho intramolecular Hbond substituents is 4. The van der Waals surface area contributed by atoms with E-state index < -0.39 is 23.9 Å². The van der Waals surface area contributed by atoms with Gasteiger partial charge in [-0.25, -0.2) is 0 Å². The first-order valence-electron chi connectivity index (χ1n) is 46.5. The van der Waals surface area contributed by atoms with E-state index in [4.69, 9.17) is 38.2 Å². The zero-order valence-electron chi connectivity index (χ0n) is 80.3. The van der Waals surface area contributed by atoms with Crippen LogP contribution >= 0.6 is 0 Å². The first-order valence-corrected chi connectivity index (χ1v) is 46.5. The third-order valence-electron chi connectivity index (χ3n) is 22.2. The van der Waals surface area contributed by atoms with Gasteiger partial charge in [-0.2, -0.15) is 0 Å². The standard InChI is InChI=1S/C127H90N8O12/c1-5-9-13-17-21-25-29-33-37-41-45-49-53-65-77-144-120(136)89-100-81-104-93-128-111-69-57-58-70-112(111)129-95-106-83-101(90-121(137)145-78-66-54-50-46-42-38-34-30-26-22-18-14-10-6-2)84-107(125(106)141)96-132-115-73-61-62-74-116(115)133-99-110-87-103(92-123(139)147-80-68-56-52-48-44-40-36-32-28-24-20-16-12-8-4)88-119(127(110)143)135-118-76-64-63-75-117(118)134-98-109-86-102(91-122(138)146-79-67-55-51-47-43-39-35-31-27-23-19-15-11-7-3)85-108(126(109)142)97-131-114-72-60-59-71-113(114)130-94-105(82-100)124(104)140/h1-2,4,81-88,111-118,128-135,140-143H,57-64,69-76,79,89-99H2,3H3. The van der Waals surface area contributed by atoms with Crippen molar-refractivity contribution in [1.82, 2.24) is 37.2 Å². The molecule has 20 nitrogen and oxygen atoms in total. The molecule has 8 atom stereocenters. The second kappa shape index (κ2) is 67.2. The maximum Gasteiger partial charge on any atom is 0.324 e. The van der Waals surface area contributed by atoms with E-state index in [0.717, 1.165) is 89.9 Å². The minimum Gasteiger partial charge on any atom is -0.507 e. The molecule has 4 aromatic carbocycles. The molecule has 8 unspecified atom stereocenters. The molecule has 12 N–H and O–H groups in total. The van der Waals surface area contributed by atoms with Crippen LogP contribution in [0.4, 0.5) is 5.69 Å². The van der Waals surface area contributed by atoms with Crippen LogP contribution in [0.2, 0.25) is 0 Å². The number of fused-ring (bicyclic) bond motifs is 12. The molecule has 1 aliphatic heterocycles. The second-order valence-electron chi connectivity index (χ2n) is 32.1. The Hall–Kier alpha value is -20.2. The van der Waals surface area contributed by atoms with Gasteiger partial charge in [-0.05, 0) is 288 Å². The number of carbonyl (C=O) groups excluding carboxylic acids is 4. The molecule has 0 aromatic heterocycles. The summed E-state index contributed by atoms with van der Waals surface area (Å²) in [5.74, 6) is 137. The van der Waals surface area contributed by atoms with Crippen molar-refractivity contribution in [2.45, 2.75) is 229 Å². The van der Waals surface area contributed by atoms with Crippen molar-refractivity contribution in [3.8, 4) is 392 Å². The van der Waals surface area contributed by atoms with Crippen molar-refractivity contribution >= 4 is 29.6 Å². The number of benzene rings is 4. The van der Waals surface area contributed by atoms with Crippen molar-refractivity contribution in [3.63, 3.8) is 0 Å². The van der Waals surface area contributed by atoms with Gasteiger partial charge >= 0.3 is 23.9 Å². The van der Waals surface area contributed by atoms with E-state index in [9.17, 15) is 39.6 Å². The average molecular weight is 1920 g/mol. The quantitative estimate of drug-likeness (QED) is 0.0343. The summed E-state index contributed by atoms with van der Waals surface area (Å²) in [6, 6.07) is 12.4. The number of nitrogens with one attached hydrogen (secondary N) is 8. The summed E-state index contributed by atoms with van der Waals surface area (Å²) in [7, 11) is 0. The lowest BCUT2D eigenvalue weighted by Gasteiger charge is -2.35. The molecule has 0 saturated heterocycles. The van der Waals surface area contributed by atoms with E-state index in [1.54, 1.807) is 55.5 Å². The van der Waals surface area contributed by atoms with Crippen LogP contribution in [0.15, 0.2) is 48.5 Å². The zero-order chi connectivity index (χ0) is 104. The molecule has 710 valence electrons. The number of rotatable bonds is 9. The van der Waals surface area contributed by atoms with Gasteiger partial charge < -0.3 is 81.9 Å². The Labute approximate surface area is 863 Å². The monoisotopic (exact) mass is 1920 g/mol. The van der Waals surface area contributed by atoms with Gasteiger partial charge in [-0.1, -0.05) is 99.8 Å². The minimum absolute atomic E-state index is 0.00410. The van der Waals surface area contributed by atoms with Crippen LogP contribution in [0.5, 0.6) is 23.0 Å². The van der Waals surface area contributed by atoms with Crippen molar-refractivity contribution in [3.05, 3.63) is 110 Å². The fourth-order valence-electron chi connectivity index (χ4n) is 15.9. The fourth-order valence-corrected chi connectivity index (χ4v) is 15.9. The first-order chi connectivity index (χ1) is 72.2. The molecule has 4 aromatic rings. The number of ether oxygens (including phenoxy) is 4. The van der Waals surface area contributed by atoms with Gasteiger partial charge in [0.15, 0.2) is 6.61 Å². The Morgan fingerprint density at radius 3 is 0.701 bits per heavy atom. The lowest BCUT2D eigenvalue weighted by Crippen LogP contribution is -2.49. The van der Waals surface area contributed by atoms with Crippen LogP contribution in [0, 0.1) is 369 Å². The first kappa shape index (κ1) is 110.